The molecule has 2 unspecified atom stereocenters. The Balaban J connectivity index is 1.50. The lowest BCUT2D eigenvalue weighted by molar-refractivity contribution is 0.357. The number of nitrogens with zero attached hydrogens (tertiary/aromatic N) is 5. The summed E-state index contributed by atoms with van der Waals surface area (Å²) in [5.74, 6) is 1.06. The first-order valence-corrected chi connectivity index (χ1v) is 15.4. The van der Waals surface area contributed by atoms with Crippen molar-refractivity contribution < 1.29 is 4.39 Å². The third-order valence-electron chi connectivity index (χ3n) is 8.09. The molecule has 0 saturated carbocycles. The molecule has 204 valence electrons. The van der Waals surface area contributed by atoms with Crippen LogP contribution >= 0.6 is 34.7 Å². The summed E-state index contributed by atoms with van der Waals surface area (Å²) in [5, 5.41) is 5.38. The van der Waals surface area contributed by atoms with Gasteiger partial charge in [0.25, 0.3) is 0 Å². The highest BCUT2D eigenvalue weighted by Crippen LogP contribution is 2.49. The fourth-order valence-corrected chi connectivity index (χ4v) is 8.84. The van der Waals surface area contributed by atoms with Crippen molar-refractivity contribution in [2.75, 3.05) is 50.1 Å². The number of benzene rings is 2. The summed E-state index contributed by atoms with van der Waals surface area (Å²) >= 11 is 9.92. The fraction of sp³-hybridized carbons (Fsp3) is 0.444. The van der Waals surface area contributed by atoms with Gasteiger partial charge in [-0.1, -0.05) is 22.9 Å². The van der Waals surface area contributed by atoms with Gasteiger partial charge in [0.1, 0.15) is 11.6 Å². The van der Waals surface area contributed by atoms with Crippen LogP contribution in [0.5, 0.6) is 0 Å². The number of piperazine rings is 1. The lowest BCUT2D eigenvalue weighted by atomic mass is 10.0. The molecule has 2 bridgehead atoms. The zero-order chi connectivity index (χ0) is 27.0. The lowest BCUT2D eigenvalue weighted by Gasteiger charge is -2.36. The highest BCUT2D eigenvalue weighted by molar-refractivity contribution is 7.99. The van der Waals surface area contributed by atoms with Crippen LogP contribution in [0.15, 0.2) is 27.9 Å². The number of hydrogen-bond acceptors (Lipinski definition) is 9. The summed E-state index contributed by atoms with van der Waals surface area (Å²) in [6, 6.07) is 5.90. The van der Waals surface area contributed by atoms with Gasteiger partial charge in [-0.05, 0) is 58.1 Å². The predicted molar refractivity (Wildman–Crippen MR) is 159 cm³/mol. The third kappa shape index (κ3) is 4.21. The number of hydrogen-bond donors (Lipinski definition) is 2. The molecule has 4 aromatic rings. The van der Waals surface area contributed by atoms with Crippen LogP contribution in [-0.2, 0) is 0 Å². The van der Waals surface area contributed by atoms with E-state index >= 15 is 0 Å². The number of anilines is 2. The summed E-state index contributed by atoms with van der Waals surface area (Å²) in [6.45, 7) is 2.48. The Bertz CT molecular complexity index is 1680. The van der Waals surface area contributed by atoms with E-state index in [2.05, 4.69) is 20.1 Å². The van der Waals surface area contributed by atoms with Crippen LogP contribution in [0.3, 0.4) is 0 Å². The van der Waals surface area contributed by atoms with Crippen molar-refractivity contribution in [3.05, 3.63) is 39.5 Å². The lowest BCUT2D eigenvalue weighted by Crippen LogP contribution is -2.52. The smallest absolute Gasteiger partial charge is 0.350 e. The number of rotatable bonds is 5. The van der Waals surface area contributed by atoms with Gasteiger partial charge in [-0.2, -0.15) is 4.98 Å². The number of nitrogen functional groups attached to an aromatic ring is 1. The normalized spacial score (nSPS) is 22.5. The Kier molecular flexibility index (Phi) is 6.27. The van der Waals surface area contributed by atoms with Gasteiger partial charge >= 0.3 is 5.69 Å². The molecule has 5 heterocycles. The Morgan fingerprint density at radius 3 is 2.74 bits per heavy atom. The van der Waals surface area contributed by atoms with Gasteiger partial charge in [-0.3, -0.25) is 4.57 Å². The molecule has 3 N–H and O–H groups in total. The summed E-state index contributed by atoms with van der Waals surface area (Å²) in [4.78, 5) is 28.3. The van der Waals surface area contributed by atoms with E-state index in [1.165, 1.54) is 6.07 Å². The second-order valence-corrected chi connectivity index (χ2v) is 13.4. The first-order chi connectivity index (χ1) is 18.8. The van der Waals surface area contributed by atoms with E-state index in [0.29, 0.717) is 44.0 Å². The zero-order valence-electron chi connectivity index (χ0n) is 21.7. The van der Waals surface area contributed by atoms with Crippen molar-refractivity contribution in [2.45, 2.75) is 42.3 Å². The standard InChI is InChI=1S/C27H29ClFN7OS2/c1-34(2)8-7-15-12-38-24-20(16-5-6-19(29)23-21(16)32-26(30)39-23)18(28)9-17-22(24)36(15)27(37)33-25(17)35-10-13-3-4-14(11-35)31-13/h5-6,9,13-15,31H,3-4,7-8,10-12H2,1-2H3,(H2,30,32)/t13?,14?,15-/m0/s1. The summed E-state index contributed by atoms with van der Waals surface area (Å²) in [7, 11) is 4.08. The zero-order valence-corrected chi connectivity index (χ0v) is 24.1. The average Bonchev–Trinajstić information content (AvgIpc) is 3.46. The number of thiazole rings is 1. The van der Waals surface area contributed by atoms with Gasteiger partial charge in [0.2, 0.25) is 0 Å². The maximum absolute atomic E-state index is 14.7. The van der Waals surface area contributed by atoms with Crippen molar-refractivity contribution in [3.63, 3.8) is 0 Å². The number of aromatic nitrogens is 3. The van der Waals surface area contributed by atoms with E-state index in [4.69, 9.17) is 22.3 Å². The molecule has 3 aliphatic rings. The van der Waals surface area contributed by atoms with Crippen molar-refractivity contribution in [3.8, 4) is 11.1 Å². The predicted octanol–water partition coefficient (Wildman–Crippen LogP) is 4.59. The topological polar surface area (TPSA) is 92.3 Å². The Morgan fingerprint density at radius 1 is 1.23 bits per heavy atom. The molecule has 12 heteroatoms. The van der Waals surface area contributed by atoms with Crippen molar-refractivity contribution in [2.24, 2.45) is 0 Å². The number of nitrogens with two attached hydrogens (primary N) is 1. The highest BCUT2D eigenvalue weighted by Gasteiger charge is 2.36. The van der Waals surface area contributed by atoms with Crippen LogP contribution in [0.1, 0.15) is 25.3 Å². The Hall–Kier alpha value is -2.44. The van der Waals surface area contributed by atoms with Crippen LogP contribution in [0.2, 0.25) is 5.02 Å². The van der Waals surface area contributed by atoms with Crippen LogP contribution in [0.25, 0.3) is 32.2 Å². The molecule has 0 radical (unpaired) electrons. The van der Waals surface area contributed by atoms with Crippen LogP contribution in [0.4, 0.5) is 15.3 Å². The molecule has 39 heavy (non-hydrogen) atoms. The molecule has 0 aliphatic carbocycles. The minimum Gasteiger partial charge on any atom is -0.375 e. The molecular weight excluding hydrogens is 557 g/mol. The number of fused-ring (bicyclic) bond motifs is 3. The van der Waals surface area contributed by atoms with Crippen molar-refractivity contribution in [1.29, 1.82) is 0 Å². The minimum atomic E-state index is -0.360. The van der Waals surface area contributed by atoms with Gasteiger partial charge in [0.15, 0.2) is 5.13 Å². The largest absolute Gasteiger partial charge is 0.375 e. The Morgan fingerprint density at radius 2 is 2.00 bits per heavy atom. The van der Waals surface area contributed by atoms with Gasteiger partial charge in [-0.25, -0.2) is 14.2 Å². The summed E-state index contributed by atoms with van der Waals surface area (Å²) in [6.07, 6.45) is 3.09. The van der Waals surface area contributed by atoms with E-state index in [1.54, 1.807) is 17.8 Å². The van der Waals surface area contributed by atoms with E-state index in [1.807, 2.05) is 24.7 Å². The fourth-order valence-electron chi connectivity index (χ4n) is 6.34. The van der Waals surface area contributed by atoms with E-state index in [-0.39, 0.29) is 17.5 Å². The molecular formula is C27H29ClFN7OS2. The first-order valence-electron chi connectivity index (χ1n) is 13.2. The van der Waals surface area contributed by atoms with E-state index in [0.717, 1.165) is 77.2 Å². The van der Waals surface area contributed by atoms with Crippen LogP contribution < -0.4 is 21.6 Å². The number of thioether (sulfide) groups is 1. The second kappa shape index (κ2) is 9.59. The maximum atomic E-state index is 14.7. The average molecular weight is 586 g/mol. The van der Waals surface area contributed by atoms with E-state index in [9.17, 15) is 9.18 Å². The monoisotopic (exact) mass is 585 g/mol. The summed E-state index contributed by atoms with van der Waals surface area (Å²) < 4.78 is 17.0. The molecule has 8 nitrogen and oxygen atoms in total. The maximum Gasteiger partial charge on any atom is 0.350 e. The molecule has 2 aromatic carbocycles. The van der Waals surface area contributed by atoms with Gasteiger partial charge in [-0.15, -0.1) is 11.8 Å². The Labute approximate surface area is 238 Å². The van der Waals surface area contributed by atoms with E-state index < -0.39 is 0 Å². The van der Waals surface area contributed by atoms with Gasteiger partial charge in [0.05, 0.1) is 20.8 Å². The number of nitrogens with one attached hydrogen (secondary N) is 1. The SMILES string of the molecule is CN(C)CC[C@H]1CSc2c(-c3ccc(F)c4sc(N)nc34)c(Cl)cc3c(N4CC5CCC(C4)N5)nc(=O)n1c23. The molecule has 2 aromatic heterocycles. The van der Waals surface area contributed by atoms with Gasteiger partial charge in [0, 0.05) is 58.4 Å². The van der Waals surface area contributed by atoms with Gasteiger partial charge < -0.3 is 20.9 Å². The molecule has 0 amide bonds. The molecule has 7 rings (SSSR count). The molecule has 3 atom stereocenters. The third-order valence-corrected chi connectivity index (χ3v) is 10.5. The van der Waals surface area contributed by atoms with Crippen molar-refractivity contribution in [1.82, 2.24) is 24.8 Å². The van der Waals surface area contributed by atoms with Crippen LogP contribution in [-0.4, -0.2) is 71.0 Å². The molecule has 2 saturated heterocycles. The van der Waals surface area contributed by atoms with Crippen molar-refractivity contribution >= 4 is 66.8 Å². The summed E-state index contributed by atoms with van der Waals surface area (Å²) in [5.41, 5.74) is 8.60. The quantitative estimate of drug-likeness (QED) is 0.351. The van der Waals surface area contributed by atoms with Crippen LogP contribution in [0, 0.1) is 5.82 Å². The minimum absolute atomic E-state index is 0.00201. The molecule has 0 spiro atoms. The highest BCUT2D eigenvalue weighted by atomic mass is 35.5. The molecule has 2 fully saturated rings. The first kappa shape index (κ1) is 25.5. The number of halogens is 2. The molecule has 3 aliphatic heterocycles. The second-order valence-electron chi connectivity index (χ2n) is 11.0.